The third-order valence-electron chi connectivity index (χ3n) is 4.13. The number of hydrogen-bond donors (Lipinski definition) is 2. The molecule has 0 spiro atoms. The summed E-state index contributed by atoms with van der Waals surface area (Å²) in [6.45, 7) is 11.0. The molecule has 0 rings (SSSR count). The second-order valence-electron chi connectivity index (χ2n) is 7.97. The fourth-order valence-electron chi connectivity index (χ4n) is 3.07. The minimum absolute atomic E-state index is 0.0823. The largest absolute Gasteiger partial charge is 0.726 e. The van der Waals surface area contributed by atoms with Gasteiger partial charge in [0.05, 0.1) is 20.7 Å². The van der Waals surface area contributed by atoms with Crippen molar-refractivity contribution >= 4 is 23.0 Å². The van der Waals surface area contributed by atoms with E-state index >= 15 is 0 Å². The van der Waals surface area contributed by atoms with Crippen LogP contribution >= 0.6 is 0 Å². The average Bonchev–Trinajstić information content (AvgIpc) is 2.57. The van der Waals surface area contributed by atoms with Gasteiger partial charge in [-0.3, -0.25) is 9.08 Å². The molecule has 0 aromatic rings. The smallest absolute Gasteiger partial charge is 0.217 e. The van der Waals surface area contributed by atoms with Crippen LogP contribution in [0.4, 0.5) is 0 Å². The second-order valence-corrected chi connectivity index (χ2v) is 9.12. The molecule has 29 heavy (non-hydrogen) atoms. The molecule has 10 nitrogen and oxygen atoms in total. The molecule has 0 radical (unpaired) electrons. The van der Waals surface area contributed by atoms with Crippen molar-refractivity contribution in [3.05, 3.63) is 0 Å². The van der Waals surface area contributed by atoms with Gasteiger partial charge in [0.1, 0.15) is 37.9 Å². The molecule has 4 atom stereocenters. The van der Waals surface area contributed by atoms with Gasteiger partial charge in [-0.25, -0.2) is 8.42 Å². The minimum Gasteiger partial charge on any atom is -0.726 e. The van der Waals surface area contributed by atoms with Crippen molar-refractivity contribution in [3.8, 4) is 0 Å². The highest BCUT2D eigenvalue weighted by Crippen LogP contribution is 2.09. The van der Waals surface area contributed by atoms with Gasteiger partial charge >= 0.3 is 0 Å². The molecule has 0 amide bonds. The molecular weight excluding hydrogens is 404 g/mol. The molecule has 0 saturated carbocycles. The Hall–Kier alpha value is -0.950. The Morgan fingerprint density at radius 3 is 1.59 bits per heavy atom. The van der Waals surface area contributed by atoms with E-state index in [0.717, 1.165) is 26.2 Å². The van der Waals surface area contributed by atoms with E-state index < -0.39 is 22.6 Å². The molecule has 0 saturated heterocycles. The van der Waals surface area contributed by atoms with Crippen LogP contribution in [0.1, 0.15) is 27.7 Å². The van der Waals surface area contributed by atoms with E-state index in [2.05, 4.69) is 9.08 Å². The lowest BCUT2D eigenvalue weighted by Gasteiger charge is -2.38. The number of quaternary nitrogens is 1. The second kappa shape index (κ2) is 14.9. The highest BCUT2D eigenvalue weighted by Gasteiger charge is 2.27. The van der Waals surface area contributed by atoms with Crippen LogP contribution in [0.3, 0.4) is 0 Å². The van der Waals surface area contributed by atoms with Gasteiger partial charge in [0.25, 0.3) is 0 Å². The zero-order chi connectivity index (χ0) is 23.3. The predicted octanol–water partition coefficient (Wildman–Crippen LogP) is -0.740. The molecule has 0 fully saturated rings. The van der Waals surface area contributed by atoms with Crippen molar-refractivity contribution in [2.45, 2.75) is 39.9 Å². The maximum absolute atomic E-state index is 10.9. The first-order chi connectivity index (χ1) is 13.2. The standard InChI is InChI=1S/C17H35N2O4.CH4O4S/c1-14(12-20)8-18(9-15(2)13-21)6-7-19(5,10-16(3)22)11-17(4)23;1-5-6(2,3)4/h12-17,22-23H,6-11H2,1-5H3;1H3,(H,2,3,4)/q+1;/p-1. The van der Waals surface area contributed by atoms with E-state index in [1.165, 1.54) is 0 Å². The number of aliphatic hydroxyl groups excluding tert-OH is 2. The van der Waals surface area contributed by atoms with Gasteiger partial charge < -0.3 is 28.8 Å². The number of likely N-dealkylation sites (N-methyl/N-ethyl adjacent to an activating group) is 1. The highest BCUT2D eigenvalue weighted by atomic mass is 32.3. The molecule has 174 valence electrons. The topological polar surface area (TPSA) is 144 Å². The fraction of sp³-hybridized carbons (Fsp3) is 0.889. The van der Waals surface area contributed by atoms with Crippen LogP contribution in [-0.2, 0) is 24.2 Å². The van der Waals surface area contributed by atoms with Crippen molar-refractivity contribution < 1.29 is 41.4 Å². The molecule has 4 unspecified atom stereocenters. The first-order valence-corrected chi connectivity index (χ1v) is 10.8. The van der Waals surface area contributed by atoms with Gasteiger partial charge in [-0.2, -0.15) is 0 Å². The van der Waals surface area contributed by atoms with Crippen LogP contribution in [0.2, 0.25) is 0 Å². The molecule has 0 bridgehead atoms. The summed E-state index contributed by atoms with van der Waals surface area (Å²) in [7, 11) is -1.59. The van der Waals surface area contributed by atoms with Crippen molar-refractivity contribution in [2.75, 3.05) is 53.4 Å². The number of carbonyl (C=O) groups is 2. The monoisotopic (exact) mass is 442 g/mol. The Bertz CT molecular complexity index is 528. The summed E-state index contributed by atoms with van der Waals surface area (Å²) in [6.07, 6.45) is 0.959. The lowest BCUT2D eigenvalue weighted by Crippen LogP contribution is -2.55. The molecule has 0 aliphatic carbocycles. The van der Waals surface area contributed by atoms with Crippen LogP contribution in [0.15, 0.2) is 0 Å². The summed E-state index contributed by atoms with van der Waals surface area (Å²) in [5.41, 5.74) is 0. The van der Waals surface area contributed by atoms with Gasteiger partial charge in [-0.1, -0.05) is 13.8 Å². The fourth-order valence-corrected chi connectivity index (χ4v) is 3.07. The van der Waals surface area contributed by atoms with E-state index in [-0.39, 0.29) is 11.8 Å². The first kappa shape index (κ1) is 30.2. The molecule has 0 aromatic carbocycles. The van der Waals surface area contributed by atoms with E-state index in [9.17, 15) is 32.8 Å². The molecule has 2 N–H and O–H groups in total. The summed E-state index contributed by atoms with van der Waals surface area (Å²) in [4.78, 5) is 24.0. The number of carbonyl (C=O) groups excluding carboxylic acids is 2. The van der Waals surface area contributed by atoms with Crippen molar-refractivity contribution in [3.63, 3.8) is 0 Å². The average molecular weight is 443 g/mol. The Kier molecular flexibility index (Phi) is 15.6. The summed E-state index contributed by atoms with van der Waals surface area (Å²) in [5, 5.41) is 19.5. The summed E-state index contributed by atoms with van der Waals surface area (Å²) in [6, 6.07) is 0. The zero-order valence-corrected chi connectivity index (χ0v) is 19.2. The quantitative estimate of drug-likeness (QED) is 0.154. The lowest BCUT2D eigenvalue weighted by atomic mass is 10.1. The highest BCUT2D eigenvalue weighted by molar-refractivity contribution is 7.80. The lowest BCUT2D eigenvalue weighted by molar-refractivity contribution is -0.914. The summed E-state index contributed by atoms with van der Waals surface area (Å²) < 4.78 is 31.6. The number of nitrogens with zero attached hydrogens (tertiary/aromatic N) is 2. The van der Waals surface area contributed by atoms with Crippen LogP contribution in [0.25, 0.3) is 0 Å². The Labute approximate surface area is 175 Å². The van der Waals surface area contributed by atoms with Crippen LogP contribution in [0, 0.1) is 11.8 Å². The number of hydrogen-bond acceptors (Lipinski definition) is 9. The van der Waals surface area contributed by atoms with Gasteiger partial charge in [-0.05, 0) is 13.8 Å². The van der Waals surface area contributed by atoms with E-state index in [0.29, 0.717) is 37.2 Å². The van der Waals surface area contributed by atoms with Crippen molar-refractivity contribution in [2.24, 2.45) is 11.8 Å². The molecular formula is C18H38N2O8S. The molecule has 0 aliphatic heterocycles. The van der Waals surface area contributed by atoms with Crippen LogP contribution in [-0.4, -0.2) is 111 Å². The maximum Gasteiger partial charge on any atom is 0.217 e. The SMILES string of the molecule is CC(O)C[N+](C)(CCN(CC(C)C=O)CC(C)C=O)CC(C)O.COS(=O)(=O)[O-]. The van der Waals surface area contributed by atoms with Crippen LogP contribution in [0.5, 0.6) is 0 Å². The van der Waals surface area contributed by atoms with Gasteiger partial charge in [0, 0.05) is 31.5 Å². The molecule has 11 heteroatoms. The molecule has 0 aliphatic rings. The Balaban J connectivity index is 0. The molecule has 0 heterocycles. The van der Waals surface area contributed by atoms with Crippen molar-refractivity contribution in [1.29, 1.82) is 0 Å². The Morgan fingerprint density at radius 1 is 1.00 bits per heavy atom. The molecule has 0 aromatic heterocycles. The van der Waals surface area contributed by atoms with Gasteiger partial charge in [-0.15, -0.1) is 0 Å². The number of aldehydes is 2. The van der Waals surface area contributed by atoms with E-state index in [1.807, 2.05) is 20.9 Å². The summed E-state index contributed by atoms with van der Waals surface area (Å²) >= 11 is 0. The third-order valence-corrected chi connectivity index (χ3v) is 4.54. The number of rotatable bonds is 14. The van der Waals surface area contributed by atoms with Crippen molar-refractivity contribution in [1.82, 2.24) is 4.90 Å². The minimum atomic E-state index is -4.41. The maximum atomic E-state index is 10.9. The first-order valence-electron chi connectivity index (χ1n) is 9.52. The predicted molar refractivity (Wildman–Crippen MR) is 108 cm³/mol. The van der Waals surface area contributed by atoms with E-state index in [4.69, 9.17) is 0 Å². The van der Waals surface area contributed by atoms with E-state index in [1.54, 1.807) is 13.8 Å². The zero-order valence-electron chi connectivity index (χ0n) is 18.4. The van der Waals surface area contributed by atoms with Gasteiger partial charge in [0.15, 0.2) is 0 Å². The third kappa shape index (κ3) is 18.8. The number of aliphatic hydroxyl groups is 2. The Morgan fingerprint density at radius 2 is 1.34 bits per heavy atom. The van der Waals surface area contributed by atoms with Crippen LogP contribution < -0.4 is 0 Å². The van der Waals surface area contributed by atoms with Gasteiger partial charge in [0.2, 0.25) is 10.4 Å². The summed E-state index contributed by atoms with van der Waals surface area (Å²) in [5.74, 6) is -0.165. The normalized spacial score (nSPS) is 18.0.